The van der Waals surface area contributed by atoms with Crippen LogP contribution in [0.1, 0.15) is 36.2 Å². The molecule has 0 aliphatic rings. The van der Waals surface area contributed by atoms with E-state index in [1.807, 2.05) is 0 Å². The van der Waals surface area contributed by atoms with Crippen LogP contribution >= 0.6 is 0 Å². The minimum atomic E-state index is -0.905. The molecule has 0 unspecified atom stereocenters. The zero-order valence-corrected chi connectivity index (χ0v) is 12.2. The molecule has 0 saturated heterocycles. The number of carbonyl (C=O) groups is 1. The van der Waals surface area contributed by atoms with Gasteiger partial charge in [-0.15, -0.1) is 0 Å². The van der Waals surface area contributed by atoms with E-state index < -0.39 is 17.5 Å². The highest BCUT2D eigenvalue weighted by molar-refractivity contribution is 5.95. The van der Waals surface area contributed by atoms with E-state index in [-0.39, 0.29) is 36.0 Å². The first-order valence-electron chi connectivity index (χ1n) is 6.51. The molecule has 1 aromatic rings. The summed E-state index contributed by atoms with van der Waals surface area (Å²) in [5.41, 5.74) is 5.37. The third kappa shape index (κ3) is 4.14. The molecule has 0 spiro atoms. The highest BCUT2D eigenvalue weighted by Gasteiger charge is 2.23. The van der Waals surface area contributed by atoms with Crippen molar-refractivity contribution in [2.45, 2.75) is 33.2 Å². The third-order valence-corrected chi connectivity index (χ3v) is 3.10. The summed E-state index contributed by atoms with van der Waals surface area (Å²) in [6.07, 6.45) is 0.155. The van der Waals surface area contributed by atoms with Crippen LogP contribution in [0, 0.1) is 18.6 Å². The van der Waals surface area contributed by atoms with Gasteiger partial charge in [-0.1, -0.05) is 5.16 Å². The van der Waals surface area contributed by atoms with Gasteiger partial charge >= 0.3 is 0 Å². The molecule has 0 aromatic heterocycles. The lowest BCUT2D eigenvalue weighted by Gasteiger charge is -2.27. The van der Waals surface area contributed by atoms with Crippen LogP contribution in [-0.2, 0) is 0 Å². The van der Waals surface area contributed by atoms with Gasteiger partial charge < -0.3 is 15.8 Å². The Balaban J connectivity index is 3.04. The van der Waals surface area contributed by atoms with Crippen LogP contribution in [-0.4, -0.2) is 34.4 Å². The van der Waals surface area contributed by atoms with Gasteiger partial charge in [0.15, 0.2) is 0 Å². The van der Waals surface area contributed by atoms with E-state index in [1.165, 1.54) is 17.9 Å². The van der Waals surface area contributed by atoms with Crippen LogP contribution < -0.4 is 5.73 Å². The molecule has 0 aliphatic carbocycles. The lowest BCUT2D eigenvalue weighted by atomic mass is 10.1. The number of amides is 1. The number of rotatable bonds is 5. The Morgan fingerprint density at radius 3 is 2.52 bits per heavy atom. The lowest BCUT2D eigenvalue weighted by Crippen LogP contribution is -2.39. The Kier molecular flexibility index (Phi) is 5.63. The highest BCUT2D eigenvalue weighted by Crippen LogP contribution is 2.17. The summed E-state index contributed by atoms with van der Waals surface area (Å²) in [5, 5.41) is 11.3. The highest BCUT2D eigenvalue weighted by atomic mass is 19.1. The number of carbonyl (C=O) groups excluding carboxylic acids is 1. The fourth-order valence-corrected chi connectivity index (χ4v) is 1.86. The molecule has 0 radical (unpaired) electrons. The second-order valence-electron chi connectivity index (χ2n) is 5.01. The molecule has 1 amide bonds. The van der Waals surface area contributed by atoms with E-state index in [0.717, 1.165) is 0 Å². The molecule has 0 bridgehead atoms. The summed E-state index contributed by atoms with van der Waals surface area (Å²) in [6, 6.07) is 1.67. The maximum absolute atomic E-state index is 13.8. The van der Waals surface area contributed by atoms with E-state index in [1.54, 1.807) is 13.8 Å². The number of aryl methyl sites for hydroxylation is 1. The Morgan fingerprint density at radius 1 is 1.38 bits per heavy atom. The molecule has 5 nitrogen and oxygen atoms in total. The molecule has 116 valence electrons. The lowest BCUT2D eigenvalue weighted by molar-refractivity contribution is 0.0706. The van der Waals surface area contributed by atoms with Crippen molar-refractivity contribution in [3.8, 4) is 0 Å². The van der Waals surface area contributed by atoms with Crippen molar-refractivity contribution in [3.05, 3.63) is 34.9 Å². The number of benzene rings is 1. The molecular weight excluding hydrogens is 280 g/mol. The van der Waals surface area contributed by atoms with Gasteiger partial charge in [0.2, 0.25) is 0 Å². The van der Waals surface area contributed by atoms with Gasteiger partial charge in [0.1, 0.15) is 17.5 Å². The average Bonchev–Trinajstić information content (AvgIpc) is 2.42. The maximum Gasteiger partial charge on any atom is 0.257 e. The predicted octanol–water partition coefficient (Wildman–Crippen LogP) is 2.26. The van der Waals surface area contributed by atoms with Crippen LogP contribution in [0.25, 0.3) is 0 Å². The van der Waals surface area contributed by atoms with Gasteiger partial charge in [-0.05, 0) is 32.4 Å². The van der Waals surface area contributed by atoms with Gasteiger partial charge in [-0.2, -0.15) is 0 Å². The first-order valence-corrected chi connectivity index (χ1v) is 6.51. The van der Waals surface area contributed by atoms with Crippen molar-refractivity contribution in [2.75, 3.05) is 6.54 Å². The van der Waals surface area contributed by atoms with Crippen molar-refractivity contribution < 1.29 is 18.8 Å². The summed E-state index contributed by atoms with van der Waals surface area (Å²) in [5.74, 6) is -2.19. The van der Waals surface area contributed by atoms with Gasteiger partial charge in [0.05, 0.1) is 5.56 Å². The monoisotopic (exact) mass is 299 g/mol. The summed E-state index contributed by atoms with van der Waals surface area (Å²) in [6.45, 7) is 5.15. The standard InChI is InChI=1S/C14H19F2N3O2/c1-8(2)19(5-4-13(17)18-21)14(20)10-6-9(3)11(15)7-12(10)16/h6-8,21H,4-5H2,1-3H3,(H2,17,18). The van der Waals surface area contributed by atoms with E-state index in [0.29, 0.717) is 6.07 Å². The number of nitrogens with two attached hydrogens (primary N) is 1. The summed E-state index contributed by atoms with van der Waals surface area (Å²) < 4.78 is 27.1. The smallest absolute Gasteiger partial charge is 0.257 e. The molecule has 7 heteroatoms. The van der Waals surface area contributed by atoms with E-state index >= 15 is 0 Å². The number of hydrogen-bond acceptors (Lipinski definition) is 3. The topological polar surface area (TPSA) is 78.9 Å². The average molecular weight is 299 g/mol. The molecular formula is C14H19F2N3O2. The third-order valence-electron chi connectivity index (χ3n) is 3.10. The normalized spacial score (nSPS) is 11.8. The Morgan fingerprint density at radius 2 is 2.00 bits per heavy atom. The second kappa shape index (κ2) is 7.01. The summed E-state index contributed by atoms with van der Waals surface area (Å²) in [4.78, 5) is 13.8. The molecule has 1 rings (SSSR count). The van der Waals surface area contributed by atoms with Gasteiger partial charge in [0, 0.05) is 25.1 Å². The molecule has 0 fully saturated rings. The van der Waals surface area contributed by atoms with Crippen LogP contribution in [0.4, 0.5) is 8.78 Å². The largest absolute Gasteiger partial charge is 0.409 e. The summed E-state index contributed by atoms with van der Waals surface area (Å²) in [7, 11) is 0. The molecule has 0 atom stereocenters. The molecule has 3 N–H and O–H groups in total. The van der Waals surface area contributed by atoms with Gasteiger partial charge in [0.25, 0.3) is 5.91 Å². The number of hydrogen-bond donors (Lipinski definition) is 2. The van der Waals surface area contributed by atoms with Crippen molar-refractivity contribution in [2.24, 2.45) is 10.9 Å². The van der Waals surface area contributed by atoms with Crippen LogP contribution in [0.15, 0.2) is 17.3 Å². The van der Waals surface area contributed by atoms with Crippen LogP contribution in [0.2, 0.25) is 0 Å². The van der Waals surface area contributed by atoms with Crippen LogP contribution in [0.5, 0.6) is 0 Å². The van der Waals surface area contributed by atoms with Crippen molar-refractivity contribution in [1.82, 2.24) is 4.90 Å². The molecule has 1 aromatic carbocycles. The number of amidine groups is 1. The fraction of sp³-hybridized carbons (Fsp3) is 0.429. The van der Waals surface area contributed by atoms with E-state index in [2.05, 4.69) is 5.16 Å². The zero-order chi connectivity index (χ0) is 16.2. The van der Waals surface area contributed by atoms with Crippen LogP contribution in [0.3, 0.4) is 0 Å². The predicted molar refractivity (Wildman–Crippen MR) is 75.3 cm³/mol. The Hall–Kier alpha value is -2.18. The van der Waals surface area contributed by atoms with E-state index in [9.17, 15) is 13.6 Å². The van der Waals surface area contributed by atoms with Gasteiger partial charge in [-0.3, -0.25) is 4.79 Å². The fourth-order valence-electron chi connectivity index (χ4n) is 1.86. The SMILES string of the molecule is Cc1cc(C(=O)N(CC/C(N)=N/O)C(C)C)c(F)cc1F. The quantitative estimate of drug-likeness (QED) is 0.379. The number of nitrogens with zero attached hydrogens (tertiary/aromatic N) is 2. The molecule has 21 heavy (non-hydrogen) atoms. The minimum Gasteiger partial charge on any atom is -0.409 e. The molecule has 0 heterocycles. The second-order valence-corrected chi connectivity index (χ2v) is 5.01. The van der Waals surface area contributed by atoms with Crippen molar-refractivity contribution in [1.29, 1.82) is 0 Å². The minimum absolute atomic E-state index is 0.0239. The molecule has 0 saturated carbocycles. The first kappa shape index (κ1) is 16.9. The van der Waals surface area contributed by atoms with Gasteiger partial charge in [-0.25, -0.2) is 8.78 Å². The Bertz CT molecular complexity index is 559. The van der Waals surface area contributed by atoms with E-state index in [4.69, 9.17) is 10.9 Å². The van der Waals surface area contributed by atoms with Crippen molar-refractivity contribution >= 4 is 11.7 Å². The maximum atomic E-state index is 13.8. The van der Waals surface area contributed by atoms with Crippen molar-refractivity contribution in [3.63, 3.8) is 0 Å². The first-order chi connectivity index (χ1) is 9.77. The summed E-state index contributed by atoms with van der Waals surface area (Å²) >= 11 is 0. The molecule has 0 aliphatic heterocycles. The zero-order valence-electron chi connectivity index (χ0n) is 12.2. The Labute approximate surface area is 122 Å². The number of halogens is 2. The number of oxime groups is 1.